The lowest BCUT2D eigenvalue weighted by Crippen LogP contribution is -2.24. The van der Waals surface area contributed by atoms with E-state index in [1.54, 1.807) is 7.11 Å². The van der Waals surface area contributed by atoms with Crippen LogP contribution in [0, 0.1) is 11.3 Å². The molecule has 0 radical (unpaired) electrons. The van der Waals surface area contributed by atoms with Gasteiger partial charge in [-0.1, -0.05) is 13.0 Å². The lowest BCUT2D eigenvalue weighted by atomic mass is 9.84. The zero-order valence-corrected chi connectivity index (χ0v) is 15.5. The van der Waals surface area contributed by atoms with Gasteiger partial charge in [-0.2, -0.15) is 0 Å². The minimum Gasteiger partial charge on any atom is -0.493 e. The normalized spacial score (nSPS) is 32.4. The molecule has 1 aromatic rings. The van der Waals surface area contributed by atoms with Crippen molar-refractivity contribution in [3.05, 3.63) is 23.8 Å². The van der Waals surface area contributed by atoms with Gasteiger partial charge in [0.1, 0.15) is 0 Å². The number of likely N-dealkylation sites (tertiary alicyclic amines) is 1. The largest absolute Gasteiger partial charge is 0.493 e. The van der Waals surface area contributed by atoms with Crippen molar-refractivity contribution in [3.8, 4) is 11.5 Å². The molecule has 3 atom stereocenters. The first kappa shape index (κ1) is 17.2. The zero-order valence-electron chi connectivity index (χ0n) is 15.5. The number of β-amino-alcohol motifs (C(OH)–C–C–N with tert-alkyl or cyclic N) is 1. The van der Waals surface area contributed by atoms with Gasteiger partial charge in [0.25, 0.3) is 0 Å². The molecule has 0 bridgehead atoms. The fourth-order valence-electron chi connectivity index (χ4n) is 5.19. The third kappa shape index (κ3) is 3.15. The smallest absolute Gasteiger partial charge is 0.161 e. The van der Waals surface area contributed by atoms with E-state index in [9.17, 15) is 5.11 Å². The van der Waals surface area contributed by atoms with Crippen LogP contribution in [0.25, 0.3) is 0 Å². The van der Waals surface area contributed by atoms with E-state index in [1.807, 2.05) is 0 Å². The molecule has 1 aromatic carbocycles. The maximum Gasteiger partial charge on any atom is 0.161 e. The van der Waals surface area contributed by atoms with Crippen LogP contribution in [-0.2, 0) is 0 Å². The summed E-state index contributed by atoms with van der Waals surface area (Å²) < 4.78 is 11.9. The zero-order chi connectivity index (χ0) is 17.4. The summed E-state index contributed by atoms with van der Waals surface area (Å²) in [5, 5.41) is 9.33. The number of aliphatic hydroxyl groups is 1. The Labute approximate surface area is 151 Å². The van der Waals surface area contributed by atoms with E-state index >= 15 is 0 Å². The Hall–Kier alpha value is -1.26. The highest BCUT2D eigenvalue weighted by molar-refractivity contribution is 5.45. The third-order valence-corrected chi connectivity index (χ3v) is 6.76. The second-order valence-corrected chi connectivity index (χ2v) is 8.28. The molecular weight excluding hydrogens is 314 g/mol. The van der Waals surface area contributed by atoms with Crippen molar-refractivity contribution in [1.29, 1.82) is 0 Å². The molecule has 1 N–H and O–H groups in total. The minimum absolute atomic E-state index is 0.246. The highest BCUT2D eigenvalue weighted by Gasteiger charge is 2.60. The molecule has 0 amide bonds. The molecule has 4 nitrogen and oxygen atoms in total. The highest BCUT2D eigenvalue weighted by Crippen LogP contribution is 2.64. The van der Waals surface area contributed by atoms with Crippen molar-refractivity contribution in [1.82, 2.24) is 4.90 Å². The topological polar surface area (TPSA) is 41.9 Å². The van der Waals surface area contributed by atoms with Gasteiger partial charge in [0.2, 0.25) is 0 Å². The van der Waals surface area contributed by atoms with E-state index in [1.165, 1.54) is 24.8 Å². The second kappa shape index (κ2) is 6.81. The summed E-state index contributed by atoms with van der Waals surface area (Å²) >= 11 is 0. The molecule has 3 fully saturated rings. The summed E-state index contributed by atoms with van der Waals surface area (Å²) in [6.45, 7) is 5.56. The highest BCUT2D eigenvalue weighted by atomic mass is 16.5. The molecule has 138 valence electrons. The molecule has 1 spiro atoms. The van der Waals surface area contributed by atoms with Crippen molar-refractivity contribution in [2.45, 2.75) is 51.0 Å². The van der Waals surface area contributed by atoms with Crippen molar-refractivity contribution in [2.24, 2.45) is 11.3 Å². The number of benzene rings is 1. The van der Waals surface area contributed by atoms with Gasteiger partial charge in [0.15, 0.2) is 11.5 Å². The van der Waals surface area contributed by atoms with E-state index in [0.717, 1.165) is 49.9 Å². The van der Waals surface area contributed by atoms with Crippen LogP contribution >= 0.6 is 0 Å². The van der Waals surface area contributed by atoms with Crippen molar-refractivity contribution < 1.29 is 14.6 Å². The lowest BCUT2D eigenvalue weighted by Gasteiger charge is -2.22. The number of rotatable bonds is 6. The van der Waals surface area contributed by atoms with Gasteiger partial charge < -0.3 is 14.6 Å². The van der Waals surface area contributed by atoms with Crippen LogP contribution in [-0.4, -0.2) is 49.5 Å². The van der Waals surface area contributed by atoms with Crippen LogP contribution in [0.2, 0.25) is 0 Å². The number of aliphatic hydroxyl groups excluding tert-OH is 1. The molecule has 2 saturated carbocycles. The molecule has 0 aromatic heterocycles. The van der Waals surface area contributed by atoms with Crippen LogP contribution in [0.4, 0.5) is 0 Å². The first-order valence-electron chi connectivity index (χ1n) is 9.84. The third-order valence-electron chi connectivity index (χ3n) is 6.76. The van der Waals surface area contributed by atoms with Gasteiger partial charge in [-0.3, -0.25) is 4.90 Å². The molecule has 3 aliphatic rings. The Bertz CT molecular complexity index is 613. The fourth-order valence-corrected chi connectivity index (χ4v) is 5.19. The Morgan fingerprint density at radius 2 is 2.00 bits per heavy atom. The first-order chi connectivity index (χ1) is 12.2. The average Bonchev–Trinajstić information content (AvgIpc) is 2.97. The molecule has 0 unspecified atom stereocenters. The van der Waals surface area contributed by atoms with Crippen LogP contribution in [0.5, 0.6) is 11.5 Å². The van der Waals surface area contributed by atoms with E-state index in [-0.39, 0.29) is 6.61 Å². The molecule has 2 aliphatic carbocycles. The monoisotopic (exact) mass is 345 g/mol. The Kier molecular flexibility index (Phi) is 4.67. The molecule has 1 aliphatic heterocycles. The van der Waals surface area contributed by atoms with Gasteiger partial charge in [0.05, 0.1) is 19.8 Å². The van der Waals surface area contributed by atoms with Crippen molar-refractivity contribution in [3.63, 3.8) is 0 Å². The quantitative estimate of drug-likeness (QED) is 0.858. The molecule has 4 rings (SSSR count). The molecular formula is C21H31NO3. The summed E-state index contributed by atoms with van der Waals surface area (Å²) in [7, 11) is 1.72. The minimum atomic E-state index is 0.246. The summed E-state index contributed by atoms with van der Waals surface area (Å²) in [5.74, 6) is 3.06. The van der Waals surface area contributed by atoms with Gasteiger partial charge >= 0.3 is 0 Å². The standard InChI is InChI=1S/C21H31NO3/c1-15-12-21(15)14-22(9-10-23)13-18(21)16-7-8-19(24-2)20(11-16)25-17-5-3-4-6-17/h7-8,11,15,17-18,23H,3-6,9-10,12-14H2,1-2H3/t15-,18-,21-/m0/s1. The van der Waals surface area contributed by atoms with Crippen molar-refractivity contribution in [2.75, 3.05) is 33.4 Å². The SMILES string of the molecule is COc1ccc([C@@H]2CN(CCO)C[C@]23C[C@@H]3C)cc1OC1CCCC1. The van der Waals surface area contributed by atoms with Crippen LogP contribution in [0.1, 0.15) is 50.5 Å². The van der Waals surface area contributed by atoms with E-state index in [4.69, 9.17) is 9.47 Å². The lowest BCUT2D eigenvalue weighted by molar-refractivity contribution is 0.200. The van der Waals surface area contributed by atoms with Crippen LogP contribution in [0.3, 0.4) is 0 Å². The number of hydrogen-bond acceptors (Lipinski definition) is 4. The maximum atomic E-state index is 9.33. The predicted molar refractivity (Wildman–Crippen MR) is 98.4 cm³/mol. The summed E-state index contributed by atoms with van der Waals surface area (Å²) in [6, 6.07) is 6.53. The Morgan fingerprint density at radius 1 is 1.24 bits per heavy atom. The van der Waals surface area contributed by atoms with E-state index < -0.39 is 0 Å². The summed E-state index contributed by atoms with van der Waals surface area (Å²) in [4.78, 5) is 2.43. The predicted octanol–water partition coefficient (Wildman–Crippen LogP) is 3.43. The Morgan fingerprint density at radius 3 is 2.64 bits per heavy atom. The molecule has 25 heavy (non-hydrogen) atoms. The molecule has 1 saturated heterocycles. The van der Waals surface area contributed by atoms with Crippen LogP contribution in [0.15, 0.2) is 18.2 Å². The summed E-state index contributed by atoms with van der Waals surface area (Å²) in [6.07, 6.45) is 6.49. The van der Waals surface area contributed by atoms with Gasteiger partial charge in [-0.15, -0.1) is 0 Å². The molecule has 1 heterocycles. The Balaban J connectivity index is 1.59. The number of methoxy groups -OCH3 is 1. The number of nitrogens with zero attached hydrogens (tertiary/aromatic N) is 1. The fraction of sp³-hybridized carbons (Fsp3) is 0.714. The van der Waals surface area contributed by atoms with Crippen molar-refractivity contribution >= 4 is 0 Å². The van der Waals surface area contributed by atoms with Crippen LogP contribution < -0.4 is 9.47 Å². The van der Waals surface area contributed by atoms with E-state index in [2.05, 4.69) is 30.0 Å². The summed E-state index contributed by atoms with van der Waals surface area (Å²) in [5.41, 5.74) is 1.77. The van der Waals surface area contributed by atoms with Gasteiger partial charge in [0, 0.05) is 25.6 Å². The maximum absolute atomic E-state index is 9.33. The van der Waals surface area contributed by atoms with Gasteiger partial charge in [-0.05, 0) is 61.1 Å². The van der Waals surface area contributed by atoms with E-state index in [0.29, 0.717) is 17.4 Å². The molecule has 4 heteroatoms. The number of hydrogen-bond donors (Lipinski definition) is 1. The second-order valence-electron chi connectivity index (χ2n) is 8.28. The number of ether oxygens (including phenoxy) is 2. The van der Waals surface area contributed by atoms with Gasteiger partial charge in [-0.25, -0.2) is 0 Å². The average molecular weight is 345 g/mol. The first-order valence-corrected chi connectivity index (χ1v) is 9.84.